The standard InChI is InChI=1S/C25H20Cl2FNO2/c1-2-11-29-23-10-6-4-8-18(23)19(25(29)30)12-16-13-20(26)24(21(27)14-16)31-15-17-7-3-5-9-22(17)28/h3-10,12-14H,2,11,15H2,1H3/b19-12-. The van der Waals surface area contributed by atoms with Gasteiger partial charge < -0.3 is 9.64 Å². The molecule has 3 nitrogen and oxygen atoms in total. The minimum Gasteiger partial charge on any atom is -0.486 e. The second kappa shape index (κ2) is 9.13. The van der Waals surface area contributed by atoms with Gasteiger partial charge in [0.25, 0.3) is 5.91 Å². The summed E-state index contributed by atoms with van der Waals surface area (Å²) in [5, 5.41) is 0.583. The van der Waals surface area contributed by atoms with Crippen molar-refractivity contribution >= 4 is 46.4 Å². The predicted octanol–water partition coefficient (Wildman–Crippen LogP) is 7.01. The third-order valence-electron chi connectivity index (χ3n) is 5.07. The van der Waals surface area contributed by atoms with Gasteiger partial charge in [-0.2, -0.15) is 0 Å². The Morgan fingerprint density at radius 1 is 1.03 bits per heavy atom. The molecule has 0 bridgehead atoms. The normalized spacial score (nSPS) is 14.3. The first-order valence-electron chi connectivity index (χ1n) is 9.97. The van der Waals surface area contributed by atoms with Crippen molar-refractivity contribution < 1.29 is 13.9 Å². The van der Waals surface area contributed by atoms with E-state index in [1.54, 1.807) is 41.3 Å². The van der Waals surface area contributed by atoms with Gasteiger partial charge in [-0.3, -0.25) is 4.79 Å². The summed E-state index contributed by atoms with van der Waals surface area (Å²) in [6.45, 7) is 2.69. The number of benzene rings is 3. The molecular formula is C25H20Cl2FNO2. The lowest BCUT2D eigenvalue weighted by Crippen LogP contribution is -2.26. The Kier molecular flexibility index (Phi) is 6.30. The van der Waals surface area contributed by atoms with Crippen LogP contribution in [0.1, 0.15) is 30.0 Å². The Balaban J connectivity index is 1.63. The molecule has 0 saturated carbocycles. The van der Waals surface area contributed by atoms with Crippen molar-refractivity contribution in [3.63, 3.8) is 0 Å². The molecule has 4 rings (SSSR count). The molecule has 0 aliphatic carbocycles. The number of amides is 1. The number of carbonyl (C=O) groups is 1. The van der Waals surface area contributed by atoms with E-state index in [1.165, 1.54) is 6.07 Å². The van der Waals surface area contributed by atoms with E-state index in [1.807, 2.05) is 31.2 Å². The van der Waals surface area contributed by atoms with Crippen molar-refractivity contribution in [2.75, 3.05) is 11.4 Å². The Bertz CT molecular complexity index is 1150. The van der Waals surface area contributed by atoms with Crippen LogP contribution < -0.4 is 9.64 Å². The minimum absolute atomic E-state index is 0.00435. The highest BCUT2D eigenvalue weighted by Gasteiger charge is 2.31. The van der Waals surface area contributed by atoms with E-state index in [9.17, 15) is 9.18 Å². The van der Waals surface area contributed by atoms with Gasteiger partial charge in [0.1, 0.15) is 12.4 Å². The molecule has 0 aromatic heterocycles. The zero-order chi connectivity index (χ0) is 22.0. The van der Waals surface area contributed by atoms with Crippen molar-refractivity contribution in [2.45, 2.75) is 20.0 Å². The molecule has 0 radical (unpaired) electrons. The van der Waals surface area contributed by atoms with E-state index >= 15 is 0 Å². The Hall–Kier alpha value is -2.82. The van der Waals surface area contributed by atoms with Gasteiger partial charge in [-0.25, -0.2) is 4.39 Å². The number of para-hydroxylation sites is 1. The fourth-order valence-corrected chi connectivity index (χ4v) is 4.24. The van der Waals surface area contributed by atoms with Crippen LogP contribution in [0.4, 0.5) is 10.1 Å². The van der Waals surface area contributed by atoms with Gasteiger partial charge >= 0.3 is 0 Å². The summed E-state index contributed by atoms with van der Waals surface area (Å²) in [7, 11) is 0. The summed E-state index contributed by atoms with van der Waals surface area (Å²) >= 11 is 12.8. The highest BCUT2D eigenvalue weighted by Crippen LogP contribution is 2.40. The molecule has 0 atom stereocenters. The summed E-state index contributed by atoms with van der Waals surface area (Å²) in [6.07, 6.45) is 2.65. The van der Waals surface area contributed by atoms with Crippen LogP contribution in [-0.2, 0) is 11.4 Å². The van der Waals surface area contributed by atoms with E-state index in [0.29, 0.717) is 33.3 Å². The molecule has 1 aliphatic heterocycles. The summed E-state index contributed by atoms with van der Waals surface area (Å²) in [5.41, 5.74) is 3.47. The molecule has 0 N–H and O–H groups in total. The fourth-order valence-electron chi connectivity index (χ4n) is 3.62. The Labute approximate surface area is 190 Å². The van der Waals surface area contributed by atoms with E-state index in [4.69, 9.17) is 27.9 Å². The second-order valence-electron chi connectivity index (χ2n) is 7.23. The Morgan fingerprint density at radius 3 is 2.42 bits per heavy atom. The lowest BCUT2D eigenvalue weighted by atomic mass is 10.0. The van der Waals surface area contributed by atoms with Gasteiger partial charge in [-0.15, -0.1) is 0 Å². The highest BCUT2D eigenvalue weighted by molar-refractivity contribution is 6.38. The fraction of sp³-hybridized carbons (Fsp3) is 0.160. The van der Waals surface area contributed by atoms with Crippen molar-refractivity contribution in [1.29, 1.82) is 0 Å². The maximum atomic E-state index is 13.8. The average molecular weight is 456 g/mol. The monoisotopic (exact) mass is 455 g/mol. The van der Waals surface area contributed by atoms with Crippen LogP contribution in [0.5, 0.6) is 5.75 Å². The number of fused-ring (bicyclic) bond motifs is 1. The van der Waals surface area contributed by atoms with Crippen molar-refractivity contribution in [3.05, 3.63) is 93.2 Å². The predicted molar refractivity (Wildman–Crippen MR) is 124 cm³/mol. The Morgan fingerprint density at radius 2 is 1.71 bits per heavy atom. The summed E-state index contributed by atoms with van der Waals surface area (Å²) in [6, 6.07) is 17.5. The molecule has 6 heteroatoms. The van der Waals surface area contributed by atoms with Gasteiger partial charge in [0.15, 0.2) is 5.75 Å². The molecule has 3 aromatic carbocycles. The van der Waals surface area contributed by atoms with Gasteiger partial charge in [0, 0.05) is 23.2 Å². The van der Waals surface area contributed by atoms with Gasteiger partial charge in [-0.05, 0) is 42.3 Å². The van der Waals surface area contributed by atoms with Gasteiger partial charge in [0.05, 0.1) is 15.7 Å². The molecular weight excluding hydrogens is 436 g/mol. The summed E-state index contributed by atoms with van der Waals surface area (Å²) < 4.78 is 19.5. The quantitative estimate of drug-likeness (QED) is 0.374. The summed E-state index contributed by atoms with van der Waals surface area (Å²) in [5.74, 6) is -0.124. The van der Waals surface area contributed by atoms with E-state index in [-0.39, 0.29) is 24.1 Å². The topological polar surface area (TPSA) is 29.5 Å². The molecule has 0 spiro atoms. The number of halogens is 3. The molecule has 158 valence electrons. The largest absolute Gasteiger partial charge is 0.486 e. The molecule has 0 saturated heterocycles. The van der Waals surface area contributed by atoms with Crippen LogP contribution in [0.3, 0.4) is 0 Å². The van der Waals surface area contributed by atoms with Crippen LogP contribution in [0.15, 0.2) is 60.7 Å². The first-order chi connectivity index (χ1) is 15.0. The third kappa shape index (κ3) is 4.32. The zero-order valence-electron chi connectivity index (χ0n) is 16.9. The number of nitrogens with zero attached hydrogens (tertiary/aromatic N) is 1. The second-order valence-corrected chi connectivity index (χ2v) is 8.04. The maximum absolute atomic E-state index is 13.8. The van der Waals surface area contributed by atoms with Crippen LogP contribution in [0.25, 0.3) is 11.6 Å². The van der Waals surface area contributed by atoms with Crippen molar-refractivity contribution in [2.24, 2.45) is 0 Å². The lowest BCUT2D eigenvalue weighted by Gasteiger charge is -2.15. The third-order valence-corrected chi connectivity index (χ3v) is 5.63. The number of ether oxygens (including phenoxy) is 1. The summed E-state index contributed by atoms with van der Waals surface area (Å²) in [4.78, 5) is 14.8. The molecule has 1 amide bonds. The SMILES string of the molecule is CCCN1C(=O)/C(=C\c2cc(Cl)c(OCc3ccccc3F)c(Cl)c2)c2ccccc21. The molecule has 1 aliphatic rings. The van der Waals surface area contributed by atoms with Gasteiger partial charge in [-0.1, -0.05) is 66.5 Å². The van der Waals surface area contributed by atoms with E-state index in [2.05, 4.69) is 0 Å². The average Bonchev–Trinajstić information content (AvgIpc) is 3.01. The smallest absolute Gasteiger partial charge is 0.258 e. The van der Waals surface area contributed by atoms with E-state index in [0.717, 1.165) is 17.7 Å². The number of hydrogen-bond donors (Lipinski definition) is 0. The molecule has 0 fully saturated rings. The van der Waals surface area contributed by atoms with Crippen LogP contribution in [0, 0.1) is 5.82 Å². The molecule has 0 unspecified atom stereocenters. The first kappa shape index (κ1) is 21.4. The minimum atomic E-state index is -0.355. The van der Waals surface area contributed by atoms with Crippen LogP contribution >= 0.6 is 23.2 Å². The number of rotatable bonds is 6. The van der Waals surface area contributed by atoms with Crippen LogP contribution in [0.2, 0.25) is 10.0 Å². The molecule has 3 aromatic rings. The zero-order valence-corrected chi connectivity index (χ0v) is 18.4. The molecule has 1 heterocycles. The van der Waals surface area contributed by atoms with Gasteiger partial charge in [0.2, 0.25) is 0 Å². The van der Waals surface area contributed by atoms with E-state index < -0.39 is 0 Å². The van der Waals surface area contributed by atoms with Crippen LogP contribution in [-0.4, -0.2) is 12.5 Å². The molecule has 31 heavy (non-hydrogen) atoms. The number of hydrogen-bond acceptors (Lipinski definition) is 2. The maximum Gasteiger partial charge on any atom is 0.258 e. The van der Waals surface area contributed by atoms with Crippen molar-refractivity contribution in [3.8, 4) is 5.75 Å². The lowest BCUT2D eigenvalue weighted by molar-refractivity contribution is -0.113. The highest BCUT2D eigenvalue weighted by atomic mass is 35.5. The number of carbonyl (C=O) groups excluding carboxylic acids is 1. The van der Waals surface area contributed by atoms with Crippen molar-refractivity contribution in [1.82, 2.24) is 0 Å². The number of anilines is 1. The first-order valence-corrected chi connectivity index (χ1v) is 10.7.